The maximum absolute atomic E-state index is 12.1. The minimum Gasteiger partial charge on any atom is -0.497 e. The predicted molar refractivity (Wildman–Crippen MR) is 110 cm³/mol. The predicted octanol–water partition coefficient (Wildman–Crippen LogP) is 4.20. The number of fused-ring (bicyclic) bond motifs is 1. The molecule has 0 saturated carbocycles. The fourth-order valence-corrected chi connectivity index (χ4v) is 5.64. The van der Waals surface area contributed by atoms with Crippen LogP contribution in [0.2, 0.25) is 0 Å². The van der Waals surface area contributed by atoms with Crippen LogP contribution in [0.1, 0.15) is 12.5 Å². The van der Waals surface area contributed by atoms with Crippen LogP contribution >= 0.6 is 11.3 Å². The summed E-state index contributed by atoms with van der Waals surface area (Å²) in [5, 5.41) is 2.98. The first-order chi connectivity index (χ1) is 12.9. The van der Waals surface area contributed by atoms with Crippen molar-refractivity contribution >= 4 is 27.0 Å². The van der Waals surface area contributed by atoms with Crippen molar-refractivity contribution in [3.8, 4) is 27.6 Å². The van der Waals surface area contributed by atoms with E-state index in [1.54, 1.807) is 18.4 Å². The Bertz CT molecular complexity index is 1090. The van der Waals surface area contributed by atoms with E-state index >= 15 is 0 Å². The van der Waals surface area contributed by atoms with Gasteiger partial charge in [0.1, 0.15) is 10.8 Å². The summed E-state index contributed by atoms with van der Waals surface area (Å²) in [5.41, 5.74) is 4.78. The van der Waals surface area contributed by atoms with E-state index in [2.05, 4.69) is 6.07 Å². The highest BCUT2D eigenvalue weighted by atomic mass is 32.2. The van der Waals surface area contributed by atoms with Gasteiger partial charge < -0.3 is 4.74 Å². The number of rotatable bonds is 4. The molecule has 1 aliphatic heterocycles. The molecule has 5 nitrogen and oxygen atoms in total. The van der Waals surface area contributed by atoms with Gasteiger partial charge in [0.05, 0.1) is 24.7 Å². The average molecular weight is 401 g/mol. The number of anilines is 1. The SMILES string of the molecule is COc1ccc(-c2nc(-c3ccc4c(c3)CC(C)N4S(C)(=O)=O)cs2)cc1. The number of aromatic nitrogens is 1. The van der Waals surface area contributed by atoms with Gasteiger partial charge in [0.15, 0.2) is 0 Å². The number of nitrogens with zero attached hydrogens (tertiary/aromatic N) is 2. The lowest BCUT2D eigenvalue weighted by Gasteiger charge is -2.21. The van der Waals surface area contributed by atoms with Crippen LogP contribution in [0.5, 0.6) is 5.75 Å². The molecule has 0 aliphatic carbocycles. The van der Waals surface area contributed by atoms with Gasteiger partial charge in [-0.1, -0.05) is 6.07 Å². The summed E-state index contributed by atoms with van der Waals surface area (Å²) in [6.07, 6.45) is 1.97. The lowest BCUT2D eigenvalue weighted by atomic mass is 10.1. The second-order valence-corrected chi connectivity index (χ2v) is 9.44. The van der Waals surface area contributed by atoms with E-state index in [0.29, 0.717) is 6.42 Å². The van der Waals surface area contributed by atoms with Gasteiger partial charge in [0, 0.05) is 22.5 Å². The Kier molecular flexibility index (Phi) is 4.44. The zero-order valence-electron chi connectivity index (χ0n) is 15.3. The molecule has 7 heteroatoms. The maximum atomic E-state index is 12.1. The number of hydrogen-bond acceptors (Lipinski definition) is 5. The van der Waals surface area contributed by atoms with Crippen LogP contribution in [0, 0.1) is 0 Å². The van der Waals surface area contributed by atoms with Gasteiger partial charge in [-0.25, -0.2) is 13.4 Å². The highest BCUT2D eigenvalue weighted by Crippen LogP contribution is 2.37. The standard InChI is InChI=1S/C20H20N2O3S2/c1-13-10-16-11-15(6-9-19(16)22(13)27(3,23)24)18-12-26-20(21-18)14-4-7-17(25-2)8-5-14/h4-9,11-13H,10H2,1-3H3. The highest BCUT2D eigenvalue weighted by Gasteiger charge is 2.32. The average Bonchev–Trinajstić information content (AvgIpc) is 3.24. The van der Waals surface area contributed by atoms with E-state index in [0.717, 1.165) is 38.8 Å². The topological polar surface area (TPSA) is 59.5 Å². The fourth-order valence-electron chi connectivity index (χ4n) is 3.54. The van der Waals surface area contributed by atoms with Gasteiger partial charge in [-0.2, -0.15) is 0 Å². The van der Waals surface area contributed by atoms with Crippen molar-refractivity contribution in [3.63, 3.8) is 0 Å². The van der Waals surface area contributed by atoms with E-state index in [4.69, 9.17) is 9.72 Å². The second kappa shape index (κ2) is 6.65. The van der Waals surface area contributed by atoms with Crippen molar-refractivity contribution in [3.05, 3.63) is 53.4 Å². The van der Waals surface area contributed by atoms with Crippen LogP contribution in [0.3, 0.4) is 0 Å². The summed E-state index contributed by atoms with van der Waals surface area (Å²) in [4.78, 5) is 4.76. The summed E-state index contributed by atoms with van der Waals surface area (Å²) in [6.45, 7) is 1.94. The number of ether oxygens (including phenoxy) is 1. The van der Waals surface area contributed by atoms with Gasteiger partial charge in [-0.05, 0) is 55.3 Å². The molecule has 0 fully saturated rings. The first-order valence-corrected chi connectivity index (χ1v) is 11.3. The molecule has 1 atom stereocenters. The molecule has 2 heterocycles. The quantitative estimate of drug-likeness (QED) is 0.659. The normalized spacial score (nSPS) is 16.4. The molecule has 27 heavy (non-hydrogen) atoms. The van der Waals surface area contributed by atoms with Crippen LogP contribution < -0.4 is 9.04 Å². The molecule has 0 spiro atoms. The van der Waals surface area contributed by atoms with Crippen LogP contribution in [-0.2, 0) is 16.4 Å². The summed E-state index contributed by atoms with van der Waals surface area (Å²) in [6, 6.07) is 13.7. The van der Waals surface area contributed by atoms with E-state index < -0.39 is 10.0 Å². The van der Waals surface area contributed by atoms with Crippen molar-refractivity contribution in [2.45, 2.75) is 19.4 Å². The van der Waals surface area contributed by atoms with Crippen LogP contribution in [0.25, 0.3) is 21.8 Å². The van der Waals surface area contributed by atoms with E-state index in [9.17, 15) is 8.42 Å². The van der Waals surface area contributed by atoms with Gasteiger partial charge in [-0.3, -0.25) is 4.31 Å². The molecule has 0 saturated heterocycles. The first kappa shape index (κ1) is 18.0. The van der Waals surface area contributed by atoms with Crippen molar-refractivity contribution in [2.24, 2.45) is 0 Å². The van der Waals surface area contributed by atoms with Gasteiger partial charge in [0.2, 0.25) is 10.0 Å². The summed E-state index contributed by atoms with van der Waals surface area (Å²) in [7, 11) is -1.62. The summed E-state index contributed by atoms with van der Waals surface area (Å²) >= 11 is 1.59. The second-order valence-electron chi connectivity index (χ2n) is 6.72. The van der Waals surface area contributed by atoms with Gasteiger partial charge in [0.25, 0.3) is 0 Å². The van der Waals surface area contributed by atoms with Gasteiger partial charge in [-0.15, -0.1) is 11.3 Å². The molecule has 1 aliphatic rings. The molecule has 0 radical (unpaired) electrons. The Balaban J connectivity index is 1.66. The Hall–Kier alpha value is -2.38. The Labute approximate surface area is 163 Å². The molecule has 0 N–H and O–H groups in total. The zero-order chi connectivity index (χ0) is 19.2. The third kappa shape index (κ3) is 3.33. The van der Waals surface area contributed by atoms with Crippen molar-refractivity contribution < 1.29 is 13.2 Å². The smallest absolute Gasteiger partial charge is 0.232 e. The van der Waals surface area contributed by atoms with Crippen LogP contribution in [0.15, 0.2) is 47.8 Å². The summed E-state index contributed by atoms with van der Waals surface area (Å²) < 4.78 is 30.9. The van der Waals surface area contributed by atoms with Crippen molar-refractivity contribution in [1.29, 1.82) is 0 Å². The highest BCUT2D eigenvalue weighted by molar-refractivity contribution is 7.92. The molecule has 140 valence electrons. The molecule has 1 unspecified atom stereocenters. The first-order valence-electron chi connectivity index (χ1n) is 8.59. The lowest BCUT2D eigenvalue weighted by Crippen LogP contribution is -2.34. The largest absolute Gasteiger partial charge is 0.497 e. The Morgan fingerprint density at radius 3 is 2.52 bits per heavy atom. The Morgan fingerprint density at radius 2 is 1.85 bits per heavy atom. The van der Waals surface area contributed by atoms with Crippen LogP contribution in [-0.4, -0.2) is 32.8 Å². The zero-order valence-corrected chi connectivity index (χ0v) is 17.0. The molecule has 1 aromatic heterocycles. The molecular formula is C20H20N2O3S2. The Morgan fingerprint density at radius 1 is 1.15 bits per heavy atom. The third-order valence-electron chi connectivity index (χ3n) is 4.73. The van der Waals surface area contributed by atoms with Crippen molar-refractivity contribution in [1.82, 2.24) is 4.98 Å². The minimum absolute atomic E-state index is 0.0597. The van der Waals surface area contributed by atoms with Gasteiger partial charge >= 0.3 is 0 Å². The number of methoxy groups -OCH3 is 1. The van der Waals surface area contributed by atoms with E-state index in [-0.39, 0.29) is 6.04 Å². The van der Waals surface area contributed by atoms with Crippen LogP contribution in [0.4, 0.5) is 5.69 Å². The molecule has 3 aromatic rings. The van der Waals surface area contributed by atoms with E-state index in [1.807, 2.05) is 48.7 Å². The third-order valence-corrected chi connectivity index (χ3v) is 6.89. The lowest BCUT2D eigenvalue weighted by molar-refractivity contribution is 0.415. The number of sulfonamides is 1. The summed E-state index contributed by atoms with van der Waals surface area (Å²) in [5.74, 6) is 0.818. The molecule has 0 bridgehead atoms. The fraction of sp³-hybridized carbons (Fsp3) is 0.250. The van der Waals surface area contributed by atoms with Crippen molar-refractivity contribution in [2.75, 3.05) is 17.7 Å². The minimum atomic E-state index is -3.27. The molecule has 0 amide bonds. The molecule has 2 aromatic carbocycles. The molecule has 4 rings (SSSR count). The molecular weight excluding hydrogens is 380 g/mol. The maximum Gasteiger partial charge on any atom is 0.232 e. The number of hydrogen-bond donors (Lipinski definition) is 0. The number of thiazole rings is 1. The monoisotopic (exact) mass is 400 g/mol. The number of benzene rings is 2. The van der Waals surface area contributed by atoms with E-state index in [1.165, 1.54) is 10.6 Å².